The van der Waals surface area contributed by atoms with Crippen molar-refractivity contribution in [2.45, 2.75) is 13.3 Å². The van der Waals surface area contributed by atoms with E-state index in [2.05, 4.69) is 18.4 Å². The molecule has 0 atom stereocenters. The summed E-state index contributed by atoms with van der Waals surface area (Å²) in [4.78, 5) is 24.7. The van der Waals surface area contributed by atoms with Gasteiger partial charge in [-0.1, -0.05) is 55.1 Å². The summed E-state index contributed by atoms with van der Waals surface area (Å²) in [6.45, 7) is 2.09. The summed E-state index contributed by atoms with van der Waals surface area (Å²) in [5.74, 6) is -0.207. The van der Waals surface area contributed by atoms with Crippen LogP contribution in [-0.2, 0) is 11.2 Å². The fraction of sp³-hybridized carbons (Fsp3) is 0.0870. The number of para-hydroxylation sites is 1. The Balaban J connectivity index is 1.57. The summed E-state index contributed by atoms with van der Waals surface area (Å²) >= 11 is 6.44. The fourth-order valence-electron chi connectivity index (χ4n) is 3.22. The van der Waals surface area contributed by atoms with E-state index in [0.29, 0.717) is 10.7 Å². The number of carboxylic acid groups (broad SMARTS) is 1. The molecule has 0 unspecified atom stereocenters. The van der Waals surface area contributed by atoms with Crippen molar-refractivity contribution in [3.63, 3.8) is 0 Å². The summed E-state index contributed by atoms with van der Waals surface area (Å²) in [5.41, 5.74) is 5.34. The molecule has 0 aliphatic carbocycles. The van der Waals surface area contributed by atoms with Gasteiger partial charge in [0.05, 0.1) is 16.2 Å². The van der Waals surface area contributed by atoms with Crippen LogP contribution in [0, 0.1) is 0 Å². The van der Waals surface area contributed by atoms with Gasteiger partial charge in [0.25, 0.3) is 5.91 Å². The van der Waals surface area contributed by atoms with Gasteiger partial charge in [-0.15, -0.1) is 0 Å². The number of nitrogens with zero attached hydrogens (tertiary/aromatic N) is 1. The number of amides is 1. The molecule has 1 fully saturated rings. The molecular formula is C23H18N2O4S2. The molecule has 1 aliphatic rings. The van der Waals surface area contributed by atoms with Crippen molar-refractivity contribution in [3.05, 3.63) is 82.5 Å². The van der Waals surface area contributed by atoms with Crippen LogP contribution in [-0.4, -0.2) is 26.3 Å². The van der Waals surface area contributed by atoms with Gasteiger partial charge in [-0.25, -0.2) is 9.80 Å². The number of thioether (sulfide) groups is 1. The maximum absolute atomic E-state index is 12.9. The van der Waals surface area contributed by atoms with Crippen LogP contribution < -0.4 is 5.43 Å². The lowest BCUT2D eigenvalue weighted by atomic mass is 10.0. The van der Waals surface area contributed by atoms with Crippen molar-refractivity contribution in [1.29, 1.82) is 0 Å². The number of nitrogens with one attached hydrogen (secondary N) is 1. The van der Waals surface area contributed by atoms with Crippen LogP contribution in [0.25, 0.3) is 17.4 Å². The van der Waals surface area contributed by atoms with Crippen LogP contribution in [0.2, 0.25) is 0 Å². The first-order valence-electron chi connectivity index (χ1n) is 9.53. The Morgan fingerprint density at radius 1 is 1.16 bits per heavy atom. The number of hydrogen-bond acceptors (Lipinski definition) is 6. The van der Waals surface area contributed by atoms with Gasteiger partial charge in [-0.3, -0.25) is 10.2 Å². The SMILES string of the molecule is CCc1ccccc1-c1ccc(/C=C2/SC(=S)N(Nc3ccccc3C(=O)O)C2=O)o1. The number of benzene rings is 2. The smallest absolute Gasteiger partial charge is 0.337 e. The molecule has 2 heterocycles. The quantitative estimate of drug-likeness (QED) is 0.382. The number of anilines is 1. The minimum Gasteiger partial charge on any atom is -0.478 e. The molecule has 2 aromatic carbocycles. The number of aromatic carboxylic acids is 1. The van der Waals surface area contributed by atoms with Crippen LogP contribution in [0.15, 0.2) is 70.0 Å². The molecular weight excluding hydrogens is 432 g/mol. The standard InChI is InChI=1S/C23H18N2O4S2/c1-2-14-7-3-4-8-16(14)19-12-11-15(29-19)13-20-21(26)25(23(30)31-20)24-18-10-6-5-9-17(18)22(27)28/h3-13,24H,2H2,1H3,(H,27,28)/b20-13+. The van der Waals surface area contributed by atoms with E-state index < -0.39 is 5.97 Å². The van der Waals surface area contributed by atoms with Crippen molar-refractivity contribution in [1.82, 2.24) is 5.01 Å². The van der Waals surface area contributed by atoms with Crippen molar-refractivity contribution in [2.75, 3.05) is 5.43 Å². The molecule has 6 nitrogen and oxygen atoms in total. The predicted octanol–water partition coefficient (Wildman–Crippen LogP) is 5.44. The molecule has 156 valence electrons. The van der Waals surface area contributed by atoms with Crippen molar-refractivity contribution >= 4 is 51.9 Å². The number of rotatable bonds is 6. The van der Waals surface area contributed by atoms with E-state index in [1.807, 2.05) is 30.3 Å². The van der Waals surface area contributed by atoms with E-state index in [9.17, 15) is 14.7 Å². The lowest BCUT2D eigenvalue weighted by Gasteiger charge is -2.18. The van der Waals surface area contributed by atoms with E-state index in [-0.39, 0.29) is 21.5 Å². The molecule has 2 N–H and O–H groups in total. The molecule has 1 amide bonds. The van der Waals surface area contributed by atoms with Crippen LogP contribution in [0.3, 0.4) is 0 Å². The summed E-state index contributed by atoms with van der Waals surface area (Å²) < 4.78 is 6.24. The van der Waals surface area contributed by atoms with E-state index in [0.717, 1.165) is 29.5 Å². The van der Waals surface area contributed by atoms with Gasteiger partial charge < -0.3 is 9.52 Å². The average molecular weight is 451 g/mol. The highest BCUT2D eigenvalue weighted by molar-refractivity contribution is 8.26. The maximum Gasteiger partial charge on any atom is 0.337 e. The fourth-order valence-corrected chi connectivity index (χ4v) is 4.38. The number of thiocarbonyl (C=S) groups is 1. The van der Waals surface area contributed by atoms with Gasteiger partial charge in [0.2, 0.25) is 0 Å². The number of furan rings is 1. The number of carbonyl (C=O) groups excluding carboxylic acids is 1. The molecule has 4 rings (SSSR count). The van der Waals surface area contributed by atoms with E-state index >= 15 is 0 Å². The summed E-state index contributed by atoms with van der Waals surface area (Å²) in [6.07, 6.45) is 2.52. The molecule has 1 saturated heterocycles. The molecule has 8 heteroatoms. The first kappa shape index (κ1) is 20.9. The average Bonchev–Trinajstić information content (AvgIpc) is 3.34. The molecule has 3 aromatic rings. The van der Waals surface area contributed by atoms with E-state index in [4.69, 9.17) is 16.6 Å². The molecule has 0 saturated carbocycles. The number of carboxylic acids is 1. The highest BCUT2D eigenvalue weighted by atomic mass is 32.2. The minimum absolute atomic E-state index is 0.0470. The Kier molecular flexibility index (Phi) is 5.92. The second-order valence-corrected chi connectivity index (χ2v) is 8.37. The van der Waals surface area contributed by atoms with Gasteiger partial charge in [0, 0.05) is 11.6 Å². The zero-order chi connectivity index (χ0) is 22.0. The normalized spacial score (nSPS) is 15.0. The Morgan fingerprint density at radius 3 is 2.68 bits per heavy atom. The minimum atomic E-state index is -1.10. The number of aryl methyl sites for hydroxylation is 1. The van der Waals surface area contributed by atoms with Gasteiger partial charge in [0.1, 0.15) is 11.5 Å². The largest absolute Gasteiger partial charge is 0.478 e. The third-order valence-corrected chi connectivity index (χ3v) is 6.05. The van der Waals surface area contributed by atoms with Gasteiger partial charge in [0.15, 0.2) is 4.32 Å². The molecule has 1 aromatic heterocycles. The first-order valence-corrected chi connectivity index (χ1v) is 10.8. The zero-order valence-corrected chi connectivity index (χ0v) is 18.1. The zero-order valence-electron chi connectivity index (χ0n) is 16.5. The first-order chi connectivity index (χ1) is 15.0. The highest BCUT2D eigenvalue weighted by Crippen LogP contribution is 2.34. The molecule has 1 aliphatic heterocycles. The highest BCUT2D eigenvalue weighted by Gasteiger charge is 2.33. The topological polar surface area (TPSA) is 82.8 Å². The Hall–Kier alpha value is -3.36. The van der Waals surface area contributed by atoms with Crippen molar-refractivity contribution in [3.8, 4) is 11.3 Å². The molecule has 31 heavy (non-hydrogen) atoms. The Morgan fingerprint density at radius 2 is 1.90 bits per heavy atom. The van der Waals surface area contributed by atoms with Crippen molar-refractivity contribution in [2.24, 2.45) is 0 Å². The van der Waals surface area contributed by atoms with Gasteiger partial charge in [-0.2, -0.15) is 0 Å². The number of carbonyl (C=O) groups is 2. The van der Waals surface area contributed by atoms with Crippen LogP contribution in [0.5, 0.6) is 0 Å². The predicted molar refractivity (Wildman–Crippen MR) is 126 cm³/mol. The molecule has 0 bridgehead atoms. The Bertz CT molecular complexity index is 1220. The summed E-state index contributed by atoms with van der Waals surface area (Å²) in [5, 5.41) is 10.5. The second kappa shape index (κ2) is 8.79. The lowest BCUT2D eigenvalue weighted by molar-refractivity contribution is -0.121. The Labute approximate surface area is 188 Å². The van der Waals surface area contributed by atoms with E-state index in [1.54, 1.807) is 24.3 Å². The number of hydrogen-bond donors (Lipinski definition) is 2. The maximum atomic E-state index is 12.9. The van der Waals surface area contributed by atoms with Crippen LogP contribution >= 0.6 is 24.0 Å². The summed E-state index contributed by atoms with van der Waals surface area (Å²) in [6, 6.07) is 18.0. The molecule has 0 radical (unpaired) electrons. The third-order valence-electron chi connectivity index (χ3n) is 4.75. The monoisotopic (exact) mass is 450 g/mol. The van der Waals surface area contributed by atoms with Crippen LogP contribution in [0.1, 0.15) is 28.6 Å². The molecule has 0 spiro atoms. The lowest BCUT2D eigenvalue weighted by Crippen LogP contribution is -2.34. The van der Waals surface area contributed by atoms with Crippen molar-refractivity contribution < 1.29 is 19.1 Å². The summed E-state index contributed by atoms with van der Waals surface area (Å²) in [7, 11) is 0. The van der Waals surface area contributed by atoms with E-state index in [1.165, 1.54) is 16.6 Å². The second-order valence-electron chi connectivity index (χ2n) is 6.69. The third kappa shape index (κ3) is 4.26. The van der Waals surface area contributed by atoms with Gasteiger partial charge in [-0.05, 0) is 48.5 Å². The van der Waals surface area contributed by atoms with Crippen LogP contribution in [0.4, 0.5) is 5.69 Å². The number of hydrazine groups is 1. The van der Waals surface area contributed by atoms with Gasteiger partial charge >= 0.3 is 5.97 Å².